The van der Waals surface area contributed by atoms with Crippen LogP contribution < -0.4 is 26.2 Å². The molecule has 2 saturated heterocycles. The van der Waals surface area contributed by atoms with Crippen molar-refractivity contribution in [3.8, 4) is 28.3 Å². The summed E-state index contributed by atoms with van der Waals surface area (Å²) in [6, 6.07) is 25.8. The Morgan fingerprint density at radius 1 is 0.752 bits per heavy atom. The predicted octanol–water partition coefficient (Wildman–Crippen LogP) is 6.31. The van der Waals surface area contributed by atoms with Crippen LogP contribution in [0.15, 0.2) is 102 Å². The standard InChI is InChI=1S/C82H100N8O23/c1-10-82(105)59-40-62-68-56(41-90(62)75(99)58(59)44-108-78(82)102)54(55-21-15-16-22-60(55)84-68)29-33-88(46(4)5)80(104)109-42-48-23-24-61(63(39-48)111-77-71(96)69(94)70(95)72(112-77)76(100)101)85-73(97)47(6)83-74(98)67(45(2)3)86-64(91)25-26-65(92)89(34-36-107-38-37-106-35-30-66(93)113-81(7,8)9)49-27-31-87(32-28-49)79(103)110-43-57-52-19-13-11-17-50(52)51-18-12-14-20-53(51)57/h11-24,39-40,45-47,49,57,67,69-72,77,94-96,105H,10,25-38,41-44H2,1-9H3,(H,83,98)(H,85,97)(H,86,91)(H,100,101)/t47-,67-,69-,70-,71+,72-,77+,82-/m0/s1. The molecule has 6 heterocycles. The Balaban J connectivity index is 0.719. The lowest BCUT2D eigenvalue weighted by molar-refractivity contribution is -0.271. The highest BCUT2D eigenvalue weighted by atomic mass is 16.7. The third-order valence-corrected chi connectivity index (χ3v) is 21.0. The van der Waals surface area contributed by atoms with Gasteiger partial charge in [-0.1, -0.05) is 93.6 Å². The van der Waals surface area contributed by atoms with Gasteiger partial charge in [-0.2, -0.15) is 0 Å². The second-order valence-electron chi connectivity index (χ2n) is 30.5. The van der Waals surface area contributed by atoms with Crippen LogP contribution in [-0.2, 0) is 98.5 Å². The first-order valence-electron chi connectivity index (χ1n) is 38.3. The highest BCUT2D eigenvalue weighted by Gasteiger charge is 2.49. The van der Waals surface area contributed by atoms with Gasteiger partial charge in [0, 0.05) is 73.5 Å². The Kier molecular flexibility index (Phi) is 26.7. The zero-order valence-corrected chi connectivity index (χ0v) is 64.8. The van der Waals surface area contributed by atoms with Crippen LogP contribution in [-0.4, -0.2) is 223 Å². The SMILES string of the molecule is CC[C@@]1(O)C(=O)OCc2c1cc1n(c2=O)Cc2c-1nc1ccccc1c2CCN(C(=O)OCc1ccc(NC(=O)[C@H](C)NC(=O)[C@@H](NC(=O)CCC(=O)N(CCOCCOCCC(=O)OC(C)(C)C)C2CCN(C(=O)OCC3c4ccccc4-c4ccccc43)CC2)C(C)C)c(O[C@@H]2O[C@H](C(=O)O)[C@@H](O)[C@H](O)[C@H]2O)c1)C(C)C. The first-order chi connectivity index (χ1) is 53.8. The minimum atomic E-state index is -2.09. The number of aliphatic hydroxyl groups is 4. The monoisotopic (exact) mass is 1560 g/mol. The summed E-state index contributed by atoms with van der Waals surface area (Å²) < 4.78 is 47.0. The number of amides is 6. The number of benzene rings is 4. The van der Waals surface area contributed by atoms with Gasteiger partial charge < -0.3 is 98.6 Å². The summed E-state index contributed by atoms with van der Waals surface area (Å²) in [6.45, 7) is 16.0. The maximum absolute atomic E-state index is 14.3. The molecule has 1 aliphatic carbocycles. The summed E-state index contributed by atoms with van der Waals surface area (Å²) in [4.78, 5) is 146. The number of nitrogens with one attached hydrogen (secondary N) is 3. The lowest BCUT2D eigenvalue weighted by Crippen LogP contribution is -2.61. The number of aromatic nitrogens is 2. The highest BCUT2D eigenvalue weighted by Crippen LogP contribution is 2.45. The van der Waals surface area contributed by atoms with E-state index < -0.39 is 126 Å². The molecule has 5 aliphatic rings. The fourth-order valence-electron chi connectivity index (χ4n) is 14.9. The van der Waals surface area contributed by atoms with Crippen LogP contribution in [0.1, 0.15) is 146 Å². The van der Waals surface area contributed by atoms with E-state index in [1.54, 1.807) is 71.3 Å². The van der Waals surface area contributed by atoms with Crippen molar-refractivity contribution in [2.24, 2.45) is 5.92 Å². The van der Waals surface area contributed by atoms with Gasteiger partial charge in [-0.05, 0) is 131 Å². The van der Waals surface area contributed by atoms with Crippen molar-refractivity contribution in [3.05, 3.63) is 146 Å². The quantitative estimate of drug-likeness (QED) is 0.0134. The fraction of sp³-hybridized carbons (Fsp3) is 0.500. The summed E-state index contributed by atoms with van der Waals surface area (Å²) >= 11 is 0. The van der Waals surface area contributed by atoms with E-state index in [1.165, 1.54) is 34.6 Å². The van der Waals surface area contributed by atoms with Crippen LogP contribution in [0.25, 0.3) is 33.4 Å². The third-order valence-electron chi connectivity index (χ3n) is 21.0. The number of ether oxygens (including phenoxy) is 8. The van der Waals surface area contributed by atoms with E-state index in [0.717, 1.165) is 33.2 Å². The molecular formula is C82H100N8O23. The number of pyridine rings is 2. The number of carboxylic acid groups (broad SMARTS) is 1. The molecule has 0 radical (unpaired) electrons. The number of hydrogen-bond donors (Lipinski definition) is 8. The first-order valence-corrected chi connectivity index (χ1v) is 38.3. The van der Waals surface area contributed by atoms with E-state index in [0.29, 0.717) is 35.3 Å². The number of esters is 2. The maximum Gasteiger partial charge on any atom is 0.410 e. The van der Waals surface area contributed by atoms with E-state index in [-0.39, 0.29) is 150 Å². The summed E-state index contributed by atoms with van der Waals surface area (Å²) in [7, 11) is 0. The lowest BCUT2D eigenvalue weighted by Gasteiger charge is -2.38. The molecule has 0 spiro atoms. The number of likely N-dealkylation sites (tertiary alicyclic amines) is 1. The van der Waals surface area contributed by atoms with Crippen molar-refractivity contribution in [1.29, 1.82) is 0 Å². The molecule has 2 fully saturated rings. The van der Waals surface area contributed by atoms with E-state index in [2.05, 4.69) is 28.1 Å². The van der Waals surface area contributed by atoms with Crippen molar-refractivity contribution in [1.82, 2.24) is 34.9 Å². The molecule has 6 aromatic rings. The van der Waals surface area contributed by atoms with Gasteiger partial charge in [-0.25, -0.2) is 24.2 Å². The van der Waals surface area contributed by atoms with Crippen LogP contribution in [0.5, 0.6) is 5.75 Å². The van der Waals surface area contributed by atoms with Crippen molar-refractivity contribution in [2.45, 2.75) is 199 Å². The Morgan fingerprint density at radius 2 is 1.42 bits per heavy atom. The van der Waals surface area contributed by atoms with Crippen LogP contribution in [0.2, 0.25) is 0 Å². The van der Waals surface area contributed by atoms with Gasteiger partial charge in [-0.3, -0.25) is 28.8 Å². The number of cyclic esters (lactones) is 1. The van der Waals surface area contributed by atoms with Gasteiger partial charge in [0.05, 0.1) is 67.5 Å². The third kappa shape index (κ3) is 19.1. The highest BCUT2D eigenvalue weighted by molar-refractivity contribution is 5.99. The molecule has 31 heteroatoms. The fourth-order valence-corrected chi connectivity index (χ4v) is 14.9. The molecule has 0 unspecified atom stereocenters. The number of fused-ring (bicyclic) bond motifs is 8. The second kappa shape index (κ2) is 36.2. The molecule has 113 heavy (non-hydrogen) atoms. The number of piperidine rings is 1. The average molecular weight is 1570 g/mol. The Bertz CT molecular complexity index is 4560. The topological polar surface area (TPSA) is 409 Å². The predicted molar refractivity (Wildman–Crippen MR) is 407 cm³/mol. The summed E-state index contributed by atoms with van der Waals surface area (Å²) in [5.41, 5.74) is 4.64. The molecule has 4 aromatic carbocycles. The molecule has 8 atom stereocenters. The molecule has 606 valence electrons. The molecule has 2 aromatic heterocycles. The first kappa shape index (κ1) is 83.5. The van der Waals surface area contributed by atoms with E-state index >= 15 is 0 Å². The molecular weight excluding hydrogens is 1460 g/mol. The number of carbonyl (C=O) groups excluding carboxylic acids is 8. The summed E-state index contributed by atoms with van der Waals surface area (Å²) in [5, 5.41) is 62.5. The zero-order chi connectivity index (χ0) is 81.3. The van der Waals surface area contributed by atoms with Crippen LogP contribution in [0.3, 0.4) is 0 Å². The van der Waals surface area contributed by atoms with Crippen molar-refractivity contribution in [3.63, 3.8) is 0 Å². The summed E-state index contributed by atoms with van der Waals surface area (Å²) in [6.07, 6.45) is -11.1. The number of nitrogens with zero attached hydrogens (tertiary/aromatic N) is 5. The largest absolute Gasteiger partial charge is 0.479 e. The van der Waals surface area contributed by atoms with Crippen LogP contribution in [0, 0.1) is 5.92 Å². The number of para-hydroxylation sites is 1. The molecule has 6 amide bonds. The molecule has 0 saturated carbocycles. The lowest BCUT2D eigenvalue weighted by atomic mass is 9.86. The van der Waals surface area contributed by atoms with Crippen LogP contribution >= 0.6 is 0 Å². The van der Waals surface area contributed by atoms with Gasteiger partial charge in [0.25, 0.3) is 5.56 Å². The number of anilines is 1. The Labute approximate surface area is 653 Å². The van der Waals surface area contributed by atoms with Gasteiger partial charge in [-0.15, -0.1) is 0 Å². The van der Waals surface area contributed by atoms with Crippen molar-refractivity contribution < 1.29 is 107 Å². The maximum atomic E-state index is 14.3. The molecule has 11 rings (SSSR count). The number of aliphatic carboxylic acids is 1. The zero-order valence-electron chi connectivity index (χ0n) is 64.8. The van der Waals surface area contributed by atoms with Gasteiger partial charge in [0.2, 0.25) is 29.9 Å². The van der Waals surface area contributed by atoms with E-state index in [1.807, 2.05) is 60.7 Å². The Hall–Kier alpha value is -10.4. The number of rotatable bonds is 31. The Morgan fingerprint density at radius 3 is 2.09 bits per heavy atom. The second-order valence-corrected chi connectivity index (χ2v) is 30.5. The minimum absolute atomic E-state index is 0.0377. The number of carboxylic acids is 1. The molecule has 0 bridgehead atoms. The number of aliphatic hydroxyl groups excluding tert-OH is 3. The van der Waals surface area contributed by atoms with Gasteiger partial charge in [0.15, 0.2) is 11.7 Å². The minimum Gasteiger partial charge on any atom is -0.479 e. The normalized spacial score (nSPS) is 19.7. The number of hydrogen-bond acceptors (Lipinski definition) is 23. The van der Waals surface area contributed by atoms with Crippen LogP contribution in [0.4, 0.5) is 15.3 Å². The van der Waals surface area contributed by atoms with Crippen molar-refractivity contribution in [2.75, 3.05) is 64.5 Å². The summed E-state index contributed by atoms with van der Waals surface area (Å²) in [5.74, 6) is -6.61. The van der Waals surface area contributed by atoms with Gasteiger partial charge in [0.1, 0.15) is 61.6 Å². The van der Waals surface area contributed by atoms with Gasteiger partial charge >= 0.3 is 30.1 Å². The molecule has 31 nitrogen and oxygen atoms in total. The molecule has 8 N–H and O–H groups in total. The average Bonchev–Trinajstić information content (AvgIpc) is 1.57. The number of carbonyl (C=O) groups is 9. The van der Waals surface area contributed by atoms with E-state index in [4.69, 9.17) is 42.9 Å². The van der Waals surface area contributed by atoms with Crippen molar-refractivity contribution >= 4 is 70.3 Å². The van der Waals surface area contributed by atoms with E-state index in [9.17, 15) is 73.5 Å². The molecule has 4 aliphatic heterocycles. The smallest absolute Gasteiger partial charge is 0.410 e.